The molecule has 2 aliphatic heterocycles. The van der Waals surface area contributed by atoms with Crippen molar-refractivity contribution >= 4 is 39.5 Å². The van der Waals surface area contributed by atoms with E-state index >= 15 is 0 Å². The minimum atomic E-state index is -0.644. The van der Waals surface area contributed by atoms with Gasteiger partial charge in [-0.15, -0.1) is 10.2 Å². The third kappa shape index (κ3) is 7.35. The number of aryl methyl sites for hydroxylation is 1. The Morgan fingerprint density at radius 2 is 1.78 bits per heavy atom. The molecule has 46 heavy (non-hydrogen) atoms. The fourth-order valence-electron chi connectivity index (χ4n) is 5.65. The topological polar surface area (TPSA) is 102 Å². The first-order valence-electron chi connectivity index (χ1n) is 15.2. The molecule has 0 spiro atoms. The van der Waals surface area contributed by atoms with Gasteiger partial charge in [0.05, 0.1) is 24.9 Å². The molecule has 6 rings (SSSR count). The summed E-state index contributed by atoms with van der Waals surface area (Å²) in [7, 11) is 2.93. The zero-order valence-electron chi connectivity index (χ0n) is 27.2. The van der Waals surface area contributed by atoms with Crippen molar-refractivity contribution < 1.29 is 14.3 Å². The Hall–Kier alpha value is -3.99. The fourth-order valence-corrected chi connectivity index (χ4v) is 6.73. The molecule has 0 bridgehead atoms. The minimum absolute atomic E-state index is 0.0673. The summed E-state index contributed by atoms with van der Waals surface area (Å²) in [4.78, 5) is 32.1. The van der Waals surface area contributed by atoms with Crippen LogP contribution >= 0.6 is 21.6 Å². The van der Waals surface area contributed by atoms with Gasteiger partial charge < -0.3 is 15.0 Å². The Balaban J connectivity index is 0.000000293. The number of rotatable bonds is 7. The number of ether oxygens (including phenoxy) is 1. The molecule has 1 aromatic heterocycles. The summed E-state index contributed by atoms with van der Waals surface area (Å²) >= 11 is 6.16. The van der Waals surface area contributed by atoms with Crippen molar-refractivity contribution in [3.63, 3.8) is 0 Å². The summed E-state index contributed by atoms with van der Waals surface area (Å²) in [6.07, 6.45) is 8.76. The van der Waals surface area contributed by atoms with Gasteiger partial charge in [-0.1, -0.05) is 35.9 Å². The molecule has 1 fully saturated rings. The lowest BCUT2D eigenvalue weighted by molar-refractivity contribution is -0.130. The number of likely N-dealkylation sites (N-methyl/N-ethyl adjacent to an activating group) is 1. The molecule has 0 saturated carbocycles. The van der Waals surface area contributed by atoms with Gasteiger partial charge in [0, 0.05) is 40.8 Å². The normalized spacial score (nSPS) is 17.5. The van der Waals surface area contributed by atoms with E-state index in [0.29, 0.717) is 23.4 Å². The average molecular weight is 661 g/mol. The predicted molar refractivity (Wildman–Crippen MR) is 187 cm³/mol. The smallest absolute Gasteiger partial charge is 0.225 e. The third-order valence-electron chi connectivity index (χ3n) is 8.29. The van der Waals surface area contributed by atoms with Crippen LogP contribution in [0.4, 0.5) is 0 Å². The summed E-state index contributed by atoms with van der Waals surface area (Å²) in [5, 5.41) is 12.7. The van der Waals surface area contributed by atoms with Crippen LogP contribution in [-0.4, -0.2) is 89.6 Å². The van der Waals surface area contributed by atoms with E-state index in [1.807, 2.05) is 90.2 Å². The highest BCUT2D eigenvalue weighted by Crippen LogP contribution is 2.44. The second-order valence-corrected chi connectivity index (χ2v) is 16.7. The number of carbonyl (C=O) groups excluding carboxylic acids is 2. The van der Waals surface area contributed by atoms with Crippen molar-refractivity contribution in [1.29, 1.82) is 0 Å². The zero-order valence-corrected chi connectivity index (χ0v) is 28.7. The first kappa shape index (κ1) is 33.4. The van der Waals surface area contributed by atoms with Gasteiger partial charge >= 0.3 is 0 Å². The molecule has 9 nitrogen and oxygen atoms in total. The number of hydrogen-bond donors (Lipinski definition) is 1. The van der Waals surface area contributed by atoms with E-state index in [1.165, 1.54) is 4.90 Å². The van der Waals surface area contributed by atoms with Crippen LogP contribution in [0, 0.1) is 6.92 Å². The lowest BCUT2D eigenvalue weighted by atomic mass is 10.00. The Kier molecular flexibility index (Phi) is 10.3. The number of nitrogens with zero attached hydrogens (tertiary/aromatic N) is 5. The third-order valence-corrected chi connectivity index (χ3v) is 10.2. The maximum absolute atomic E-state index is 13.3. The van der Waals surface area contributed by atoms with Gasteiger partial charge in [0.2, 0.25) is 5.91 Å². The first-order valence-corrected chi connectivity index (χ1v) is 18.4. The molecular weight excluding hydrogens is 620 g/mol. The summed E-state index contributed by atoms with van der Waals surface area (Å²) < 4.78 is 7.52. The van der Waals surface area contributed by atoms with Crippen LogP contribution < -0.4 is 10.1 Å². The fraction of sp³-hybridized carbons (Fsp3) is 0.343. The molecule has 0 aliphatic carbocycles. The number of fused-ring (bicyclic) bond motifs is 3. The molecule has 1 unspecified atom stereocenters. The van der Waals surface area contributed by atoms with Crippen molar-refractivity contribution in [2.24, 2.45) is 4.99 Å². The van der Waals surface area contributed by atoms with Gasteiger partial charge in [-0.05, 0) is 86.5 Å². The van der Waals surface area contributed by atoms with Crippen molar-refractivity contribution in [3.8, 4) is 11.4 Å². The molecular formula is C35H41ClN6O3S. The van der Waals surface area contributed by atoms with Gasteiger partial charge in [-0.3, -0.25) is 19.1 Å². The molecule has 11 heteroatoms. The van der Waals surface area contributed by atoms with Crippen LogP contribution in [0.3, 0.4) is 0 Å². The summed E-state index contributed by atoms with van der Waals surface area (Å²) in [5.74, 6) is 2.18. The van der Waals surface area contributed by atoms with E-state index in [-0.39, 0.29) is 12.3 Å². The number of aldehydes is 1. The van der Waals surface area contributed by atoms with Crippen LogP contribution in [-0.2, 0) is 4.79 Å². The zero-order chi connectivity index (χ0) is 33.0. The average Bonchev–Trinajstić information content (AvgIpc) is 3.67. The number of aromatic nitrogens is 3. The molecule has 0 radical (unpaired) electrons. The van der Waals surface area contributed by atoms with Gasteiger partial charge in [0.15, 0.2) is 5.82 Å². The Morgan fingerprint density at radius 3 is 2.39 bits per heavy atom. The van der Waals surface area contributed by atoms with E-state index < -0.39 is 16.1 Å². The highest BCUT2D eigenvalue weighted by atomic mass is 35.5. The minimum Gasteiger partial charge on any atom is -0.497 e. The standard InChI is InChI=1S/C25H27ClN6O2.C10H14OS/c1-15-29-30-25-21(13-23(33)31-11-10-18(14-31)27-2)28-24(16-4-6-17(26)7-5-16)20-12-19(34-3)8-9-22(20)32(15)25;1-12(2,3)10-6-4-9(8-11)5-7-10/h4-9,12,18,21,27H,10-11,13-14H2,1-3H3;4-8H,1-3H3/t18?,21-;/m0./s1. The quantitative estimate of drug-likeness (QED) is 0.248. The number of amides is 1. The number of nitrogens with one attached hydrogen (secondary N) is 1. The van der Waals surface area contributed by atoms with E-state index in [4.69, 9.17) is 21.3 Å². The molecule has 3 heterocycles. The van der Waals surface area contributed by atoms with Crippen molar-refractivity contribution in [1.82, 2.24) is 25.0 Å². The van der Waals surface area contributed by atoms with Crippen LogP contribution in [0.25, 0.3) is 5.69 Å². The van der Waals surface area contributed by atoms with E-state index in [1.54, 1.807) is 7.11 Å². The SMILES string of the molecule is CNC1CCN(C(=O)C[C@@H]2N=C(c3ccc(Cl)cc3)c3cc(OC)ccc3-n3c(C)nnc32)C1.CS(C)(C)c1ccc(C=O)cc1. The second kappa shape index (κ2) is 14.2. The molecule has 242 valence electrons. The van der Waals surface area contributed by atoms with E-state index in [9.17, 15) is 9.59 Å². The Labute approximate surface area is 277 Å². The number of likely N-dealkylation sites (tertiary alicyclic amines) is 1. The first-order chi connectivity index (χ1) is 22.0. The molecule has 1 N–H and O–H groups in total. The van der Waals surface area contributed by atoms with E-state index in [2.05, 4.69) is 34.3 Å². The number of hydrogen-bond acceptors (Lipinski definition) is 7. The monoisotopic (exact) mass is 660 g/mol. The van der Waals surface area contributed by atoms with Gasteiger partial charge in [-0.2, -0.15) is 0 Å². The molecule has 3 aromatic carbocycles. The highest BCUT2D eigenvalue weighted by Gasteiger charge is 2.33. The molecule has 2 atom stereocenters. The number of aliphatic imine (C=N–C) groups is 1. The number of halogens is 1. The van der Waals surface area contributed by atoms with Gasteiger partial charge in [0.25, 0.3) is 0 Å². The second-order valence-electron chi connectivity index (χ2n) is 12.2. The van der Waals surface area contributed by atoms with Crippen molar-refractivity contribution in [3.05, 3.63) is 100 Å². The Bertz CT molecular complexity index is 1730. The van der Waals surface area contributed by atoms with Crippen LogP contribution in [0.2, 0.25) is 5.02 Å². The van der Waals surface area contributed by atoms with Crippen molar-refractivity contribution in [2.45, 2.75) is 36.7 Å². The molecule has 4 aromatic rings. The number of carbonyl (C=O) groups is 2. The van der Waals surface area contributed by atoms with Gasteiger partial charge in [-0.25, -0.2) is 10.0 Å². The molecule has 1 amide bonds. The van der Waals surface area contributed by atoms with Crippen LogP contribution in [0.5, 0.6) is 5.75 Å². The highest BCUT2D eigenvalue weighted by molar-refractivity contribution is 8.32. The van der Waals surface area contributed by atoms with Crippen LogP contribution in [0.15, 0.2) is 76.6 Å². The lowest BCUT2D eigenvalue weighted by Crippen LogP contribution is -2.34. The van der Waals surface area contributed by atoms with Crippen LogP contribution in [0.1, 0.15) is 52.0 Å². The maximum Gasteiger partial charge on any atom is 0.225 e. The summed E-state index contributed by atoms with van der Waals surface area (Å²) in [6.45, 7) is 3.36. The predicted octanol–water partition coefficient (Wildman–Crippen LogP) is 5.89. The number of benzene rings is 3. The molecule has 1 saturated heterocycles. The maximum atomic E-state index is 13.3. The van der Waals surface area contributed by atoms with Gasteiger partial charge in [0.1, 0.15) is 23.9 Å². The lowest BCUT2D eigenvalue weighted by Gasteiger charge is -2.25. The van der Waals surface area contributed by atoms with E-state index in [0.717, 1.165) is 58.9 Å². The largest absolute Gasteiger partial charge is 0.497 e. The molecule has 2 aliphatic rings. The summed E-state index contributed by atoms with van der Waals surface area (Å²) in [6, 6.07) is 21.1. The number of methoxy groups -OCH3 is 1. The van der Waals surface area contributed by atoms with Crippen molar-refractivity contribution in [2.75, 3.05) is 46.0 Å². The Morgan fingerprint density at radius 1 is 1.07 bits per heavy atom. The summed E-state index contributed by atoms with van der Waals surface area (Å²) in [5.41, 5.74) is 4.21.